The maximum absolute atomic E-state index is 7.47. The molecule has 0 unspecified atom stereocenters. The van der Waals surface area contributed by atoms with Gasteiger partial charge in [0.05, 0.1) is 18.2 Å². The Morgan fingerprint density at radius 3 is 2.53 bits per heavy atom. The van der Waals surface area contributed by atoms with Crippen molar-refractivity contribution >= 4 is 17.5 Å². The highest BCUT2D eigenvalue weighted by molar-refractivity contribution is 6.32. The first-order chi connectivity index (χ1) is 7.04. The van der Waals surface area contributed by atoms with Crippen molar-refractivity contribution in [3.05, 3.63) is 28.8 Å². The lowest BCUT2D eigenvalue weighted by Gasteiger charge is -2.12. The first-order valence-electron chi connectivity index (χ1n) is 4.63. The number of nitrogens with one attached hydrogen (secondary N) is 1. The zero-order valence-electron chi connectivity index (χ0n) is 9.00. The van der Waals surface area contributed by atoms with Crippen molar-refractivity contribution in [2.24, 2.45) is 0 Å². The SMILES string of the molecule is COC(=N)c1ccc(OC(C)C)c(Cl)c1. The first-order valence-corrected chi connectivity index (χ1v) is 5.01. The Kier molecular flexibility index (Phi) is 3.97. The minimum atomic E-state index is 0.0789. The van der Waals surface area contributed by atoms with E-state index in [0.717, 1.165) is 0 Å². The van der Waals surface area contributed by atoms with Gasteiger partial charge >= 0.3 is 0 Å². The maximum Gasteiger partial charge on any atom is 0.212 e. The molecule has 0 aliphatic heterocycles. The summed E-state index contributed by atoms with van der Waals surface area (Å²) in [5.41, 5.74) is 0.638. The minimum absolute atomic E-state index is 0.0789. The summed E-state index contributed by atoms with van der Waals surface area (Å²) in [6.07, 6.45) is 0.0789. The molecule has 0 amide bonds. The Hall–Kier alpha value is -1.22. The molecule has 15 heavy (non-hydrogen) atoms. The molecule has 1 rings (SSSR count). The van der Waals surface area contributed by atoms with Gasteiger partial charge in [0.1, 0.15) is 5.75 Å². The van der Waals surface area contributed by atoms with Gasteiger partial charge in [0, 0.05) is 5.56 Å². The molecule has 0 saturated carbocycles. The number of benzene rings is 1. The molecule has 4 heteroatoms. The fourth-order valence-corrected chi connectivity index (χ4v) is 1.33. The molecular formula is C11H14ClNO2. The molecule has 1 aromatic carbocycles. The summed E-state index contributed by atoms with van der Waals surface area (Å²) >= 11 is 6.00. The van der Waals surface area contributed by atoms with Gasteiger partial charge in [-0.05, 0) is 32.0 Å². The van der Waals surface area contributed by atoms with Gasteiger partial charge < -0.3 is 9.47 Å². The fraction of sp³-hybridized carbons (Fsp3) is 0.364. The van der Waals surface area contributed by atoms with Gasteiger partial charge in [-0.15, -0.1) is 0 Å². The van der Waals surface area contributed by atoms with Crippen molar-refractivity contribution in [1.29, 1.82) is 5.41 Å². The Labute approximate surface area is 94.5 Å². The van der Waals surface area contributed by atoms with Crippen LogP contribution in [0.2, 0.25) is 5.02 Å². The molecule has 82 valence electrons. The largest absolute Gasteiger partial charge is 0.489 e. The molecule has 0 atom stereocenters. The van der Waals surface area contributed by atoms with Crippen LogP contribution in [0.15, 0.2) is 18.2 Å². The number of hydrogen-bond acceptors (Lipinski definition) is 3. The van der Waals surface area contributed by atoms with E-state index in [2.05, 4.69) is 0 Å². The normalized spacial score (nSPS) is 10.2. The summed E-state index contributed by atoms with van der Waals surface area (Å²) in [4.78, 5) is 0. The van der Waals surface area contributed by atoms with Gasteiger partial charge in [-0.3, -0.25) is 5.41 Å². The zero-order chi connectivity index (χ0) is 11.4. The summed E-state index contributed by atoms with van der Waals surface area (Å²) in [5, 5.41) is 7.95. The predicted octanol–water partition coefficient (Wildman–Crippen LogP) is 3.10. The smallest absolute Gasteiger partial charge is 0.212 e. The summed E-state index contributed by atoms with van der Waals surface area (Å²) in [7, 11) is 1.45. The third-order valence-electron chi connectivity index (χ3n) is 1.76. The Balaban J connectivity index is 2.93. The third kappa shape index (κ3) is 3.13. The quantitative estimate of drug-likeness (QED) is 0.637. The monoisotopic (exact) mass is 227 g/mol. The third-order valence-corrected chi connectivity index (χ3v) is 2.06. The van der Waals surface area contributed by atoms with Crippen LogP contribution >= 0.6 is 11.6 Å². The maximum atomic E-state index is 7.47. The van der Waals surface area contributed by atoms with Gasteiger partial charge in [0.25, 0.3) is 0 Å². The van der Waals surface area contributed by atoms with E-state index in [9.17, 15) is 0 Å². The zero-order valence-corrected chi connectivity index (χ0v) is 9.76. The first kappa shape index (κ1) is 11.9. The minimum Gasteiger partial charge on any atom is -0.489 e. The molecule has 0 saturated heterocycles. The van der Waals surface area contributed by atoms with Crippen LogP contribution in [0.4, 0.5) is 0 Å². The standard InChI is InChI=1S/C11H14ClNO2/c1-7(2)15-10-5-4-8(6-9(10)12)11(13)14-3/h4-7,13H,1-3H3. The number of halogens is 1. The molecule has 1 aromatic rings. The van der Waals surface area contributed by atoms with Crippen molar-refractivity contribution in [2.45, 2.75) is 20.0 Å². The molecule has 3 nitrogen and oxygen atoms in total. The number of methoxy groups -OCH3 is 1. The lowest BCUT2D eigenvalue weighted by Crippen LogP contribution is -2.07. The van der Waals surface area contributed by atoms with E-state index in [1.165, 1.54) is 7.11 Å². The lowest BCUT2D eigenvalue weighted by molar-refractivity contribution is 0.242. The number of rotatable bonds is 3. The average Bonchev–Trinajstić information content (AvgIpc) is 2.19. The van der Waals surface area contributed by atoms with Crippen LogP contribution in [0.3, 0.4) is 0 Å². The van der Waals surface area contributed by atoms with Crippen molar-refractivity contribution < 1.29 is 9.47 Å². The van der Waals surface area contributed by atoms with Crippen molar-refractivity contribution in [2.75, 3.05) is 7.11 Å². The Morgan fingerprint density at radius 1 is 1.40 bits per heavy atom. The van der Waals surface area contributed by atoms with Gasteiger partial charge in [0.2, 0.25) is 5.90 Å². The van der Waals surface area contributed by atoms with Crippen LogP contribution in [0.25, 0.3) is 0 Å². The highest BCUT2D eigenvalue weighted by Crippen LogP contribution is 2.26. The summed E-state index contributed by atoms with van der Waals surface area (Å²) < 4.78 is 10.3. The summed E-state index contributed by atoms with van der Waals surface area (Å²) in [5.74, 6) is 0.715. The van der Waals surface area contributed by atoms with Crippen LogP contribution < -0.4 is 4.74 Å². The van der Waals surface area contributed by atoms with Gasteiger partial charge in [-0.2, -0.15) is 0 Å². The van der Waals surface area contributed by atoms with E-state index >= 15 is 0 Å². The van der Waals surface area contributed by atoms with E-state index in [-0.39, 0.29) is 12.0 Å². The van der Waals surface area contributed by atoms with E-state index in [1.54, 1.807) is 18.2 Å². The van der Waals surface area contributed by atoms with Crippen molar-refractivity contribution in [3.63, 3.8) is 0 Å². The topological polar surface area (TPSA) is 42.3 Å². The predicted molar refractivity (Wildman–Crippen MR) is 61.1 cm³/mol. The molecule has 0 bridgehead atoms. The van der Waals surface area contributed by atoms with E-state index in [0.29, 0.717) is 16.3 Å². The highest BCUT2D eigenvalue weighted by Gasteiger charge is 2.07. The van der Waals surface area contributed by atoms with Gasteiger partial charge in [0.15, 0.2) is 0 Å². The summed E-state index contributed by atoms with van der Waals surface area (Å²) in [6.45, 7) is 3.86. The number of hydrogen-bond donors (Lipinski definition) is 1. The van der Waals surface area contributed by atoms with Crippen molar-refractivity contribution in [1.82, 2.24) is 0 Å². The molecule has 1 N–H and O–H groups in total. The van der Waals surface area contributed by atoms with Crippen LogP contribution in [0.1, 0.15) is 19.4 Å². The lowest BCUT2D eigenvalue weighted by atomic mass is 10.2. The second-order valence-electron chi connectivity index (χ2n) is 3.35. The highest BCUT2D eigenvalue weighted by atomic mass is 35.5. The Morgan fingerprint density at radius 2 is 2.07 bits per heavy atom. The van der Waals surface area contributed by atoms with Crippen molar-refractivity contribution in [3.8, 4) is 5.75 Å². The fourth-order valence-electron chi connectivity index (χ4n) is 1.11. The summed E-state index contributed by atoms with van der Waals surface area (Å²) in [6, 6.07) is 5.14. The molecule has 0 aliphatic carbocycles. The van der Waals surface area contributed by atoms with E-state index < -0.39 is 0 Å². The van der Waals surface area contributed by atoms with Gasteiger partial charge in [-0.1, -0.05) is 11.6 Å². The van der Waals surface area contributed by atoms with E-state index in [1.807, 2.05) is 13.8 Å². The molecule has 0 fully saturated rings. The van der Waals surface area contributed by atoms with Crippen LogP contribution in [0, 0.1) is 5.41 Å². The molecule has 0 heterocycles. The van der Waals surface area contributed by atoms with Crippen LogP contribution in [-0.4, -0.2) is 19.1 Å². The van der Waals surface area contributed by atoms with Crippen LogP contribution in [-0.2, 0) is 4.74 Å². The molecule has 0 spiro atoms. The van der Waals surface area contributed by atoms with E-state index in [4.69, 9.17) is 26.5 Å². The molecule has 0 aliphatic rings. The molecular weight excluding hydrogens is 214 g/mol. The van der Waals surface area contributed by atoms with Crippen LogP contribution in [0.5, 0.6) is 5.75 Å². The van der Waals surface area contributed by atoms with Gasteiger partial charge in [-0.25, -0.2) is 0 Å². The molecule has 0 radical (unpaired) electrons. The number of ether oxygens (including phenoxy) is 2. The average molecular weight is 228 g/mol. The second-order valence-corrected chi connectivity index (χ2v) is 3.75. The Bertz CT molecular complexity index is 364. The second kappa shape index (κ2) is 5.03. The molecule has 0 aromatic heterocycles.